The zero-order chi connectivity index (χ0) is 26.9. The highest BCUT2D eigenvalue weighted by molar-refractivity contribution is 6.03. The van der Waals surface area contributed by atoms with Crippen LogP contribution in [0.15, 0.2) is 109 Å². The van der Waals surface area contributed by atoms with Crippen LogP contribution in [0.3, 0.4) is 0 Å². The Kier molecular flexibility index (Phi) is 8.32. The van der Waals surface area contributed by atoms with E-state index in [1.54, 1.807) is 91.0 Å². The first-order valence-corrected chi connectivity index (χ1v) is 11.6. The van der Waals surface area contributed by atoms with Gasteiger partial charge in [-0.2, -0.15) is 0 Å². The van der Waals surface area contributed by atoms with Gasteiger partial charge in [-0.25, -0.2) is 10.3 Å². The summed E-state index contributed by atoms with van der Waals surface area (Å²) in [4.78, 5) is 37.3. The van der Waals surface area contributed by atoms with Gasteiger partial charge in [-0.1, -0.05) is 66.7 Å². The van der Waals surface area contributed by atoms with Crippen molar-refractivity contribution in [1.29, 1.82) is 0 Å². The van der Waals surface area contributed by atoms with E-state index in [1.807, 2.05) is 0 Å². The first-order chi connectivity index (χ1) is 18.5. The minimum atomic E-state index is -1.20. The molecule has 4 N–H and O–H groups in total. The monoisotopic (exact) mass is 512 g/mol. The Morgan fingerprint density at radius 2 is 1.42 bits per heavy atom. The number of alkyl carbamates (subject to hydrolysis) is 1. The summed E-state index contributed by atoms with van der Waals surface area (Å²) < 4.78 is 11.8. The van der Waals surface area contributed by atoms with Crippen LogP contribution >= 0.6 is 0 Å². The molecule has 0 bridgehead atoms. The number of hydroxylamine groups is 1. The molecule has 0 spiro atoms. The van der Waals surface area contributed by atoms with Gasteiger partial charge in [0.15, 0.2) is 12.2 Å². The molecule has 4 rings (SSSR count). The first-order valence-electron chi connectivity index (χ1n) is 11.6. The van der Waals surface area contributed by atoms with E-state index >= 15 is 0 Å². The third kappa shape index (κ3) is 6.34. The number of amides is 3. The fourth-order valence-electron chi connectivity index (χ4n) is 3.84. The number of ether oxygens (including phenoxy) is 2. The fraction of sp³-hybridized carbons (Fsp3) is 0.0690. The molecule has 4 aromatic carbocycles. The summed E-state index contributed by atoms with van der Waals surface area (Å²) in [5.74, 6) is -1.07. The lowest BCUT2D eigenvalue weighted by Crippen LogP contribution is -2.36. The van der Waals surface area contributed by atoms with E-state index in [9.17, 15) is 19.5 Å². The normalized spacial score (nSPS) is 12.4. The van der Waals surface area contributed by atoms with Crippen LogP contribution in [0, 0.1) is 0 Å². The minimum absolute atomic E-state index is 0.0162. The Balaban J connectivity index is 1.75. The van der Waals surface area contributed by atoms with Crippen molar-refractivity contribution in [2.24, 2.45) is 0 Å². The van der Waals surface area contributed by atoms with Crippen molar-refractivity contribution in [3.8, 4) is 11.5 Å². The van der Waals surface area contributed by atoms with Crippen LogP contribution in [-0.4, -0.2) is 34.3 Å². The Hall–Kier alpha value is -5.15. The van der Waals surface area contributed by atoms with Gasteiger partial charge in [-0.3, -0.25) is 20.1 Å². The van der Waals surface area contributed by atoms with Crippen LogP contribution in [0.25, 0.3) is 10.8 Å². The van der Waals surface area contributed by atoms with Crippen LogP contribution < -0.4 is 15.5 Å². The number of phenolic OH excluding ortho intramolecular Hbond substituents is 1. The zero-order valence-corrected chi connectivity index (χ0v) is 20.0. The lowest BCUT2D eigenvalue weighted by atomic mass is 9.96. The third-order valence-electron chi connectivity index (χ3n) is 5.59. The van der Waals surface area contributed by atoms with Crippen molar-refractivity contribution in [3.63, 3.8) is 0 Å². The SMILES string of the molecule is O=C(/C=C/[C@H](Oc1ccccc1)[C@@H](OC(=O)NC(=O)c1ccccc1)c1ccc(O)c2ccccc12)NO. The Bertz CT molecular complexity index is 1460. The molecule has 9 heteroatoms. The second kappa shape index (κ2) is 12.2. The summed E-state index contributed by atoms with van der Waals surface area (Å²) in [7, 11) is 0. The number of imide groups is 1. The summed E-state index contributed by atoms with van der Waals surface area (Å²) in [6.45, 7) is 0. The van der Waals surface area contributed by atoms with Crippen LogP contribution in [0.1, 0.15) is 22.0 Å². The number of hydrogen-bond donors (Lipinski definition) is 4. The van der Waals surface area contributed by atoms with Gasteiger partial charge in [-0.15, -0.1) is 0 Å². The van der Waals surface area contributed by atoms with E-state index in [4.69, 9.17) is 14.7 Å². The highest BCUT2D eigenvalue weighted by Crippen LogP contribution is 2.35. The van der Waals surface area contributed by atoms with E-state index in [0.717, 1.165) is 6.08 Å². The first kappa shape index (κ1) is 25.9. The molecule has 0 aromatic heterocycles. The summed E-state index contributed by atoms with van der Waals surface area (Å²) in [6, 6.07) is 26.7. The molecule has 2 atom stereocenters. The molecule has 38 heavy (non-hydrogen) atoms. The van der Waals surface area contributed by atoms with Crippen LogP contribution in [0.2, 0.25) is 0 Å². The number of fused-ring (bicyclic) bond motifs is 1. The summed E-state index contributed by atoms with van der Waals surface area (Å²) >= 11 is 0. The molecular formula is C29H24N2O7. The van der Waals surface area contributed by atoms with Crippen molar-refractivity contribution in [2.75, 3.05) is 0 Å². The number of phenols is 1. The molecule has 0 saturated carbocycles. The van der Waals surface area contributed by atoms with Gasteiger partial charge in [0.1, 0.15) is 11.5 Å². The van der Waals surface area contributed by atoms with E-state index in [0.29, 0.717) is 22.1 Å². The molecule has 9 nitrogen and oxygen atoms in total. The molecule has 0 saturated heterocycles. The predicted molar refractivity (Wildman–Crippen MR) is 139 cm³/mol. The molecule has 0 radical (unpaired) electrons. The Morgan fingerprint density at radius 3 is 2.11 bits per heavy atom. The number of hydrogen-bond acceptors (Lipinski definition) is 7. The molecule has 0 fully saturated rings. The number of benzene rings is 4. The van der Waals surface area contributed by atoms with Crippen LogP contribution in [-0.2, 0) is 9.53 Å². The molecule has 0 aliphatic rings. The minimum Gasteiger partial charge on any atom is -0.507 e. The molecule has 0 aliphatic heterocycles. The number of carbonyl (C=O) groups is 3. The number of para-hydroxylation sites is 1. The molecule has 192 valence electrons. The second-order valence-corrected chi connectivity index (χ2v) is 8.10. The van der Waals surface area contributed by atoms with E-state index in [-0.39, 0.29) is 11.3 Å². The third-order valence-corrected chi connectivity index (χ3v) is 5.59. The summed E-state index contributed by atoms with van der Waals surface area (Å²) in [5.41, 5.74) is 2.20. The second-order valence-electron chi connectivity index (χ2n) is 8.10. The summed E-state index contributed by atoms with van der Waals surface area (Å²) in [5, 5.41) is 22.6. The smallest absolute Gasteiger partial charge is 0.414 e. The molecular weight excluding hydrogens is 488 g/mol. The molecule has 3 amide bonds. The maximum Gasteiger partial charge on any atom is 0.414 e. The lowest BCUT2D eigenvalue weighted by Gasteiger charge is -2.27. The number of nitrogens with one attached hydrogen (secondary N) is 2. The summed E-state index contributed by atoms with van der Waals surface area (Å²) in [6.07, 6.45) is -1.01. The van der Waals surface area contributed by atoms with E-state index < -0.39 is 30.1 Å². The maximum atomic E-state index is 13.0. The van der Waals surface area contributed by atoms with E-state index in [1.165, 1.54) is 17.6 Å². The van der Waals surface area contributed by atoms with Crippen LogP contribution in [0.4, 0.5) is 4.79 Å². The fourth-order valence-corrected chi connectivity index (χ4v) is 3.84. The average Bonchev–Trinajstić information content (AvgIpc) is 2.95. The topological polar surface area (TPSA) is 134 Å². The van der Waals surface area contributed by atoms with Crippen molar-refractivity contribution < 1.29 is 34.2 Å². The maximum absolute atomic E-state index is 13.0. The molecule has 0 aliphatic carbocycles. The van der Waals surface area contributed by atoms with Crippen molar-refractivity contribution in [3.05, 3.63) is 120 Å². The molecule has 0 heterocycles. The average molecular weight is 513 g/mol. The number of aromatic hydroxyl groups is 1. The zero-order valence-electron chi connectivity index (χ0n) is 20.0. The van der Waals surface area contributed by atoms with Gasteiger partial charge in [-0.05, 0) is 41.8 Å². The molecule has 0 unspecified atom stereocenters. The predicted octanol–water partition coefficient (Wildman–Crippen LogP) is 4.66. The van der Waals surface area contributed by atoms with Crippen molar-refractivity contribution >= 4 is 28.7 Å². The van der Waals surface area contributed by atoms with Gasteiger partial charge in [0.2, 0.25) is 0 Å². The lowest BCUT2D eigenvalue weighted by molar-refractivity contribution is -0.124. The van der Waals surface area contributed by atoms with Crippen molar-refractivity contribution in [1.82, 2.24) is 10.8 Å². The van der Waals surface area contributed by atoms with Gasteiger partial charge in [0, 0.05) is 22.6 Å². The van der Waals surface area contributed by atoms with Crippen LogP contribution in [0.5, 0.6) is 11.5 Å². The largest absolute Gasteiger partial charge is 0.507 e. The quantitative estimate of drug-likeness (QED) is 0.153. The van der Waals surface area contributed by atoms with Gasteiger partial charge in [0.05, 0.1) is 0 Å². The van der Waals surface area contributed by atoms with Gasteiger partial charge >= 0.3 is 6.09 Å². The number of carbonyl (C=O) groups excluding carboxylic acids is 3. The Labute approximate surface area is 217 Å². The Morgan fingerprint density at radius 1 is 0.789 bits per heavy atom. The van der Waals surface area contributed by atoms with Crippen molar-refractivity contribution in [2.45, 2.75) is 12.2 Å². The highest BCUT2D eigenvalue weighted by Gasteiger charge is 2.30. The number of rotatable bonds is 8. The van der Waals surface area contributed by atoms with Gasteiger partial charge in [0.25, 0.3) is 11.8 Å². The molecule has 4 aromatic rings. The highest BCUT2D eigenvalue weighted by atomic mass is 16.6. The standard InChI is InChI=1S/C29H24N2O7/c32-24-16-15-23(21-13-7-8-14-22(21)24)27(38-29(35)30-28(34)19-9-3-1-4-10-19)25(17-18-26(33)31-36)37-20-11-5-2-6-12-20/h1-18,25,27,32,36H,(H,31,33)(H,30,34,35)/b18-17+/t25-,27-/m0/s1. The van der Waals surface area contributed by atoms with E-state index in [2.05, 4.69) is 5.32 Å². The van der Waals surface area contributed by atoms with Gasteiger partial charge < -0.3 is 14.6 Å².